The summed E-state index contributed by atoms with van der Waals surface area (Å²) in [6, 6.07) is 14.3. The lowest BCUT2D eigenvalue weighted by Crippen LogP contribution is -2.13. The van der Waals surface area contributed by atoms with Crippen LogP contribution < -0.4 is 10.3 Å². The number of hydrogen-bond acceptors (Lipinski definition) is 3. The Balaban J connectivity index is 2.02. The number of H-pyrrole nitrogens is 1. The highest BCUT2D eigenvalue weighted by atomic mass is 19.2. The fraction of sp³-hybridized carbons (Fsp3) is 0.100. The molecule has 0 spiro atoms. The van der Waals surface area contributed by atoms with Gasteiger partial charge in [0.15, 0.2) is 11.6 Å². The number of aromatic amines is 1. The Bertz CT molecular complexity index is 1070. The van der Waals surface area contributed by atoms with Crippen LogP contribution in [-0.2, 0) is 6.61 Å². The number of halogens is 2. The molecule has 0 bridgehead atoms. The molecule has 0 fully saturated rings. The number of nitriles is 1. The number of nitrogens with one attached hydrogen (secondary N) is 1. The van der Waals surface area contributed by atoms with Crippen molar-refractivity contribution < 1.29 is 13.5 Å². The van der Waals surface area contributed by atoms with E-state index in [-0.39, 0.29) is 17.9 Å². The lowest BCUT2D eigenvalue weighted by molar-refractivity contribution is 0.285. The molecule has 3 aromatic rings. The molecule has 2 aromatic carbocycles. The van der Waals surface area contributed by atoms with E-state index < -0.39 is 17.2 Å². The predicted octanol–water partition coefficient (Wildman–Crippen LogP) is 4.08. The van der Waals surface area contributed by atoms with Crippen LogP contribution in [0.4, 0.5) is 8.78 Å². The van der Waals surface area contributed by atoms with Crippen LogP contribution in [0.15, 0.2) is 53.3 Å². The van der Waals surface area contributed by atoms with Crippen molar-refractivity contribution in [1.82, 2.24) is 4.98 Å². The Hall–Kier alpha value is -3.46. The van der Waals surface area contributed by atoms with Crippen molar-refractivity contribution in [3.8, 4) is 22.9 Å². The lowest BCUT2D eigenvalue weighted by Gasteiger charge is -2.13. The summed E-state index contributed by atoms with van der Waals surface area (Å²) in [6.07, 6.45) is 0. The minimum Gasteiger partial charge on any atom is -0.486 e. The summed E-state index contributed by atoms with van der Waals surface area (Å²) >= 11 is 0. The number of aromatic nitrogens is 1. The molecule has 3 rings (SSSR count). The van der Waals surface area contributed by atoms with E-state index in [9.17, 15) is 18.8 Å². The van der Waals surface area contributed by atoms with Gasteiger partial charge in [-0.2, -0.15) is 9.65 Å². The number of ether oxygens (including phenoxy) is 1. The van der Waals surface area contributed by atoms with Gasteiger partial charge in [-0.15, -0.1) is 0 Å². The fourth-order valence-corrected chi connectivity index (χ4v) is 2.67. The molecule has 4 nitrogen and oxygen atoms in total. The summed E-state index contributed by atoms with van der Waals surface area (Å²) < 4.78 is 32.5. The smallest absolute Gasteiger partial charge is 0.266 e. The topological polar surface area (TPSA) is 65.9 Å². The second kappa shape index (κ2) is 7.19. The van der Waals surface area contributed by atoms with Crippen LogP contribution >= 0.6 is 0 Å². The van der Waals surface area contributed by atoms with Gasteiger partial charge < -0.3 is 9.72 Å². The van der Waals surface area contributed by atoms with Crippen molar-refractivity contribution in [2.45, 2.75) is 13.5 Å². The van der Waals surface area contributed by atoms with Crippen molar-refractivity contribution in [2.24, 2.45) is 0 Å². The highest BCUT2D eigenvalue weighted by Gasteiger charge is 2.15. The quantitative estimate of drug-likeness (QED) is 0.769. The highest BCUT2D eigenvalue weighted by Crippen LogP contribution is 2.28. The molecule has 0 radical (unpaired) electrons. The van der Waals surface area contributed by atoms with Gasteiger partial charge in [-0.25, -0.2) is 4.39 Å². The van der Waals surface area contributed by atoms with Gasteiger partial charge in [0, 0.05) is 11.3 Å². The molecule has 1 N–H and O–H groups in total. The van der Waals surface area contributed by atoms with E-state index in [1.165, 1.54) is 12.1 Å². The van der Waals surface area contributed by atoms with E-state index in [1.54, 1.807) is 37.3 Å². The predicted molar refractivity (Wildman–Crippen MR) is 92.6 cm³/mol. The number of rotatable bonds is 4. The first-order valence-corrected chi connectivity index (χ1v) is 7.80. The maximum Gasteiger partial charge on any atom is 0.266 e. The Kier molecular flexibility index (Phi) is 4.81. The van der Waals surface area contributed by atoms with Crippen LogP contribution in [0.5, 0.6) is 5.75 Å². The zero-order valence-corrected chi connectivity index (χ0v) is 13.8. The summed E-state index contributed by atoms with van der Waals surface area (Å²) in [5.74, 6) is -2.26. The standard InChI is InChI=1S/C20H14F2N2O2/c1-12-9-15(16(10-23)20(25)24-12)14-6-3-2-5-13(14)11-26-18-8-4-7-17(21)19(18)22/h2-9H,11H2,1H3,(H,24,25). The normalized spacial score (nSPS) is 10.4. The second-order valence-electron chi connectivity index (χ2n) is 5.68. The minimum atomic E-state index is -1.06. The molecular weight excluding hydrogens is 338 g/mol. The summed E-state index contributed by atoms with van der Waals surface area (Å²) in [4.78, 5) is 14.6. The number of aryl methyl sites for hydroxylation is 1. The number of benzene rings is 2. The van der Waals surface area contributed by atoms with Crippen molar-refractivity contribution in [2.75, 3.05) is 0 Å². The number of hydrogen-bond donors (Lipinski definition) is 1. The monoisotopic (exact) mass is 352 g/mol. The Morgan fingerprint density at radius 2 is 1.88 bits per heavy atom. The molecule has 1 heterocycles. The Labute approximate surface area is 148 Å². The van der Waals surface area contributed by atoms with Crippen LogP contribution in [0.2, 0.25) is 0 Å². The van der Waals surface area contributed by atoms with E-state index >= 15 is 0 Å². The zero-order chi connectivity index (χ0) is 18.7. The summed E-state index contributed by atoms with van der Waals surface area (Å²) in [5.41, 5.74) is 1.84. The Morgan fingerprint density at radius 3 is 2.65 bits per heavy atom. The van der Waals surface area contributed by atoms with Crippen LogP contribution in [0.25, 0.3) is 11.1 Å². The zero-order valence-electron chi connectivity index (χ0n) is 13.8. The average molecular weight is 352 g/mol. The first kappa shape index (κ1) is 17.4. The van der Waals surface area contributed by atoms with Crippen LogP contribution in [-0.4, -0.2) is 4.98 Å². The molecule has 0 aliphatic rings. The average Bonchev–Trinajstić information content (AvgIpc) is 2.62. The third kappa shape index (κ3) is 3.33. The third-order valence-corrected chi connectivity index (χ3v) is 3.89. The van der Waals surface area contributed by atoms with Gasteiger partial charge in [0.25, 0.3) is 5.56 Å². The number of pyridine rings is 1. The van der Waals surface area contributed by atoms with Crippen LogP contribution in [0.1, 0.15) is 16.8 Å². The minimum absolute atomic E-state index is 0.0139. The molecule has 0 saturated carbocycles. The van der Waals surface area contributed by atoms with E-state index in [1.807, 2.05) is 6.07 Å². The van der Waals surface area contributed by atoms with Gasteiger partial charge in [-0.3, -0.25) is 4.79 Å². The molecule has 0 saturated heterocycles. The maximum absolute atomic E-state index is 13.8. The SMILES string of the molecule is Cc1cc(-c2ccccc2COc2cccc(F)c2F)c(C#N)c(=O)[nH]1. The van der Waals surface area contributed by atoms with E-state index in [0.29, 0.717) is 22.4 Å². The van der Waals surface area contributed by atoms with E-state index in [4.69, 9.17) is 4.74 Å². The molecule has 0 aliphatic heterocycles. The molecule has 0 unspecified atom stereocenters. The van der Waals surface area contributed by atoms with E-state index in [0.717, 1.165) is 6.07 Å². The van der Waals surface area contributed by atoms with Crippen molar-refractivity contribution >= 4 is 0 Å². The van der Waals surface area contributed by atoms with Gasteiger partial charge >= 0.3 is 0 Å². The van der Waals surface area contributed by atoms with Gasteiger partial charge in [-0.05, 0) is 36.2 Å². The first-order valence-electron chi connectivity index (χ1n) is 7.80. The molecular formula is C20H14F2N2O2. The number of nitrogens with zero attached hydrogens (tertiary/aromatic N) is 1. The van der Waals surface area contributed by atoms with Crippen molar-refractivity contribution in [3.63, 3.8) is 0 Å². The highest BCUT2D eigenvalue weighted by molar-refractivity contribution is 5.73. The molecule has 6 heteroatoms. The lowest BCUT2D eigenvalue weighted by atomic mass is 9.96. The maximum atomic E-state index is 13.8. The van der Waals surface area contributed by atoms with Gasteiger partial charge in [0.1, 0.15) is 18.2 Å². The fourth-order valence-electron chi connectivity index (χ4n) is 2.67. The third-order valence-electron chi connectivity index (χ3n) is 3.89. The summed E-state index contributed by atoms with van der Waals surface area (Å²) in [6.45, 7) is 1.67. The van der Waals surface area contributed by atoms with Gasteiger partial charge in [0.2, 0.25) is 5.82 Å². The molecule has 130 valence electrons. The molecule has 0 aliphatic carbocycles. The molecule has 0 atom stereocenters. The summed E-state index contributed by atoms with van der Waals surface area (Å²) in [5, 5.41) is 9.32. The molecule has 26 heavy (non-hydrogen) atoms. The van der Waals surface area contributed by atoms with Crippen LogP contribution in [0.3, 0.4) is 0 Å². The second-order valence-corrected chi connectivity index (χ2v) is 5.68. The largest absolute Gasteiger partial charge is 0.486 e. The Morgan fingerprint density at radius 1 is 1.12 bits per heavy atom. The van der Waals surface area contributed by atoms with Crippen molar-refractivity contribution in [1.29, 1.82) is 5.26 Å². The van der Waals surface area contributed by atoms with E-state index in [2.05, 4.69) is 4.98 Å². The van der Waals surface area contributed by atoms with Gasteiger partial charge in [-0.1, -0.05) is 30.3 Å². The summed E-state index contributed by atoms with van der Waals surface area (Å²) in [7, 11) is 0. The van der Waals surface area contributed by atoms with Gasteiger partial charge in [0.05, 0.1) is 0 Å². The first-order chi connectivity index (χ1) is 12.5. The molecule has 1 aromatic heterocycles. The van der Waals surface area contributed by atoms with Crippen molar-refractivity contribution in [3.05, 3.63) is 87.3 Å². The van der Waals surface area contributed by atoms with Crippen LogP contribution in [0, 0.1) is 29.9 Å². The molecule has 0 amide bonds.